The van der Waals surface area contributed by atoms with Gasteiger partial charge in [0.15, 0.2) is 0 Å². The van der Waals surface area contributed by atoms with Crippen LogP contribution in [0.4, 0.5) is 0 Å². The van der Waals surface area contributed by atoms with Crippen LogP contribution in [0.1, 0.15) is 27.8 Å². The van der Waals surface area contributed by atoms with E-state index >= 15 is 0 Å². The average molecular weight is 269 g/mol. The molecule has 0 saturated carbocycles. The summed E-state index contributed by atoms with van der Waals surface area (Å²) in [5.74, 6) is 1.89. The molecular weight excluding hydrogens is 246 g/mol. The van der Waals surface area contributed by atoms with Crippen LogP contribution in [0.2, 0.25) is 0 Å². The van der Waals surface area contributed by atoms with E-state index in [0.29, 0.717) is 6.54 Å². The molecule has 0 unspecified atom stereocenters. The molecule has 0 spiro atoms. The van der Waals surface area contributed by atoms with Crippen molar-refractivity contribution in [3.05, 3.63) is 58.1 Å². The van der Waals surface area contributed by atoms with Gasteiger partial charge in [0.25, 0.3) is 0 Å². The van der Waals surface area contributed by atoms with Gasteiger partial charge in [-0.15, -0.1) is 0 Å². The monoisotopic (exact) mass is 269 g/mol. The lowest BCUT2D eigenvalue weighted by Gasteiger charge is -2.16. The molecule has 2 aromatic rings. The zero-order chi connectivity index (χ0) is 14.7. The van der Waals surface area contributed by atoms with Gasteiger partial charge in [-0.1, -0.05) is 24.3 Å². The third-order valence-corrected chi connectivity index (χ3v) is 3.77. The van der Waals surface area contributed by atoms with Crippen LogP contribution in [0.15, 0.2) is 30.3 Å². The molecule has 2 rings (SSSR count). The molecule has 0 aliphatic heterocycles. The summed E-state index contributed by atoms with van der Waals surface area (Å²) in [7, 11) is 0. The summed E-state index contributed by atoms with van der Waals surface area (Å²) in [5.41, 5.74) is 11.6. The van der Waals surface area contributed by atoms with E-state index in [1.165, 1.54) is 16.7 Å². The summed E-state index contributed by atoms with van der Waals surface area (Å²) in [4.78, 5) is 0. The molecule has 0 radical (unpaired) electrons. The summed E-state index contributed by atoms with van der Waals surface area (Å²) < 4.78 is 6.20. The molecule has 0 heterocycles. The van der Waals surface area contributed by atoms with Crippen molar-refractivity contribution < 1.29 is 4.74 Å². The number of hydrogen-bond donors (Lipinski definition) is 1. The quantitative estimate of drug-likeness (QED) is 0.902. The van der Waals surface area contributed by atoms with Gasteiger partial charge in [-0.3, -0.25) is 0 Å². The molecule has 0 saturated heterocycles. The first kappa shape index (κ1) is 14.6. The molecule has 0 aromatic heterocycles. The van der Waals surface area contributed by atoms with E-state index in [2.05, 4.69) is 58.0 Å². The largest absolute Gasteiger partial charge is 0.457 e. The molecule has 0 bridgehead atoms. The fraction of sp³-hybridized carbons (Fsp3) is 0.333. The average Bonchev–Trinajstić information content (AvgIpc) is 2.43. The first-order chi connectivity index (χ1) is 9.52. The Morgan fingerprint density at radius 1 is 0.900 bits per heavy atom. The van der Waals surface area contributed by atoms with Gasteiger partial charge in [-0.2, -0.15) is 0 Å². The highest BCUT2D eigenvalue weighted by Crippen LogP contribution is 2.32. The van der Waals surface area contributed by atoms with E-state index < -0.39 is 0 Å². The highest BCUT2D eigenvalue weighted by molar-refractivity contribution is 5.48. The van der Waals surface area contributed by atoms with Gasteiger partial charge >= 0.3 is 0 Å². The van der Waals surface area contributed by atoms with Gasteiger partial charge in [0.05, 0.1) is 0 Å². The fourth-order valence-corrected chi connectivity index (χ4v) is 2.27. The normalized spacial score (nSPS) is 10.7. The van der Waals surface area contributed by atoms with Crippen molar-refractivity contribution in [3.63, 3.8) is 0 Å². The molecule has 0 amide bonds. The van der Waals surface area contributed by atoms with Crippen molar-refractivity contribution in [2.75, 3.05) is 6.54 Å². The van der Waals surface area contributed by atoms with E-state index in [-0.39, 0.29) is 0 Å². The fourth-order valence-electron chi connectivity index (χ4n) is 2.27. The number of benzene rings is 2. The van der Waals surface area contributed by atoms with Gasteiger partial charge < -0.3 is 10.5 Å². The van der Waals surface area contributed by atoms with E-state index in [0.717, 1.165) is 29.0 Å². The SMILES string of the molecule is Cc1ccc(CCN)cc1Oc1c(C)ccc(C)c1C. The topological polar surface area (TPSA) is 35.2 Å². The zero-order valence-corrected chi connectivity index (χ0v) is 12.8. The van der Waals surface area contributed by atoms with Crippen molar-refractivity contribution in [2.24, 2.45) is 5.73 Å². The van der Waals surface area contributed by atoms with Crippen LogP contribution in [0.5, 0.6) is 11.5 Å². The molecule has 20 heavy (non-hydrogen) atoms. The number of aryl methyl sites for hydroxylation is 3. The molecule has 2 heteroatoms. The number of rotatable bonds is 4. The van der Waals surface area contributed by atoms with Gasteiger partial charge in [-0.05, 0) is 74.5 Å². The third-order valence-electron chi connectivity index (χ3n) is 3.77. The Balaban J connectivity index is 2.39. The van der Waals surface area contributed by atoms with E-state index in [1.54, 1.807) is 0 Å². The third kappa shape index (κ3) is 3.02. The lowest BCUT2D eigenvalue weighted by atomic mass is 10.0. The van der Waals surface area contributed by atoms with E-state index in [1.807, 2.05) is 0 Å². The predicted octanol–water partition coefficient (Wildman–Crippen LogP) is 4.21. The lowest BCUT2D eigenvalue weighted by Crippen LogP contribution is -2.03. The Bertz CT molecular complexity index is 617. The standard InChI is InChI=1S/C18H23NO/c1-12-5-6-14(3)18(15(12)4)20-17-11-16(9-10-19)8-7-13(17)2/h5-8,11H,9-10,19H2,1-4H3. The minimum Gasteiger partial charge on any atom is -0.457 e. The zero-order valence-electron chi connectivity index (χ0n) is 12.8. The molecule has 0 fully saturated rings. The minimum atomic E-state index is 0.658. The van der Waals surface area contributed by atoms with Crippen molar-refractivity contribution in [2.45, 2.75) is 34.1 Å². The van der Waals surface area contributed by atoms with E-state index in [4.69, 9.17) is 10.5 Å². The first-order valence-corrected chi connectivity index (χ1v) is 7.07. The van der Waals surface area contributed by atoms with Gasteiger partial charge in [0.1, 0.15) is 11.5 Å². The maximum atomic E-state index is 6.20. The molecular formula is C18H23NO. The van der Waals surface area contributed by atoms with Gasteiger partial charge in [0.2, 0.25) is 0 Å². The Hall–Kier alpha value is -1.80. The smallest absolute Gasteiger partial charge is 0.133 e. The van der Waals surface area contributed by atoms with Crippen LogP contribution in [-0.4, -0.2) is 6.54 Å². The molecule has 0 atom stereocenters. The van der Waals surface area contributed by atoms with Crippen molar-refractivity contribution >= 4 is 0 Å². The van der Waals surface area contributed by atoms with Crippen LogP contribution in [-0.2, 0) is 6.42 Å². The molecule has 106 valence electrons. The Labute approximate surface area is 121 Å². The summed E-state index contributed by atoms with van der Waals surface area (Å²) in [6.45, 7) is 9.03. The molecule has 2 nitrogen and oxygen atoms in total. The van der Waals surface area contributed by atoms with Crippen molar-refractivity contribution in [1.29, 1.82) is 0 Å². The van der Waals surface area contributed by atoms with E-state index in [9.17, 15) is 0 Å². The second-order valence-electron chi connectivity index (χ2n) is 5.39. The second-order valence-corrected chi connectivity index (χ2v) is 5.39. The van der Waals surface area contributed by atoms with Crippen molar-refractivity contribution in [3.8, 4) is 11.5 Å². The first-order valence-electron chi connectivity index (χ1n) is 7.07. The predicted molar refractivity (Wildman–Crippen MR) is 84.7 cm³/mol. The van der Waals surface area contributed by atoms with Crippen LogP contribution < -0.4 is 10.5 Å². The van der Waals surface area contributed by atoms with Crippen LogP contribution in [0.3, 0.4) is 0 Å². The van der Waals surface area contributed by atoms with Gasteiger partial charge in [-0.25, -0.2) is 0 Å². The lowest BCUT2D eigenvalue weighted by molar-refractivity contribution is 0.470. The maximum Gasteiger partial charge on any atom is 0.133 e. The Morgan fingerprint density at radius 2 is 1.55 bits per heavy atom. The van der Waals surface area contributed by atoms with Crippen molar-refractivity contribution in [1.82, 2.24) is 0 Å². The summed E-state index contributed by atoms with van der Waals surface area (Å²) in [5, 5.41) is 0. The summed E-state index contributed by atoms with van der Waals surface area (Å²) in [6, 6.07) is 10.6. The molecule has 2 aromatic carbocycles. The Morgan fingerprint density at radius 3 is 2.25 bits per heavy atom. The summed E-state index contributed by atoms with van der Waals surface area (Å²) in [6.07, 6.45) is 0.877. The Kier molecular flexibility index (Phi) is 4.46. The number of nitrogens with two attached hydrogens (primary N) is 1. The van der Waals surface area contributed by atoms with Crippen LogP contribution >= 0.6 is 0 Å². The highest BCUT2D eigenvalue weighted by Gasteiger charge is 2.10. The molecule has 2 N–H and O–H groups in total. The molecule has 0 aliphatic rings. The second kappa shape index (κ2) is 6.10. The van der Waals surface area contributed by atoms with Gasteiger partial charge in [0, 0.05) is 0 Å². The van der Waals surface area contributed by atoms with Crippen LogP contribution in [0, 0.1) is 27.7 Å². The molecule has 0 aliphatic carbocycles. The minimum absolute atomic E-state index is 0.658. The highest BCUT2D eigenvalue weighted by atomic mass is 16.5. The maximum absolute atomic E-state index is 6.20. The van der Waals surface area contributed by atoms with Crippen LogP contribution in [0.25, 0.3) is 0 Å². The number of ether oxygens (including phenoxy) is 1. The summed E-state index contributed by atoms with van der Waals surface area (Å²) >= 11 is 0. The number of hydrogen-bond acceptors (Lipinski definition) is 2.